The molecule has 1 aromatic heterocycles. The van der Waals surface area contributed by atoms with Gasteiger partial charge in [-0.1, -0.05) is 18.2 Å². The summed E-state index contributed by atoms with van der Waals surface area (Å²) in [5, 5.41) is 5.06. The van der Waals surface area contributed by atoms with E-state index in [0.29, 0.717) is 6.42 Å². The van der Waals surface area contributed by atoms with Gasteiger partial charge in [-0.3, -0.25) is 4.79 Å². The van der Waals surface area contributed by atoms with Crippen molar-refractivity contribution in [2.75, 3.05) is 7.11 Å². The van der Waals surface area contributed by atoms with Crippen molar-refractivity contribution in [1.29, 1.82) is 0 Å². The summed E-state index contributed by atoms with van der Waals surface area (Å²) in [5.74, 6) is 0.850. The first kappa shape index (κ1) is 14.6. The number of nitrogens with one attached hydrogen (secondary N) is 1. The van der Waals surface area contributed by atoms with E-state index in [1.807, 2.05) is 55.6 Å². The fourth-order valence-electron chi connectivity index (χ4n) is 2.04. The predicted molar refractivity (Wildman–Crippen MR) is 82.2 cm³/mol. The summed E-state index contributed by atoms with van der Waals surface area (Å²) in [7, 11) is 1.64. The molecule has 0 bridgehead atoms. The minimum atomic E-state index is -0.402. The third-order valence-electron chi connectivity index (χ3n) is 3.18. The van der Waals surface area contributed by atoms with Gasteiger partial charge in [-0.15, -0.1) is 11.3 Å². The number of amides is 1. The fraction of sp³-hybridized carbons (Fsp3) is 0.312. The zero-order valence-electron chi connectivity index (χ0n) is 12.0. The van der Waals surface area contributed by atoms with Crippen molar-refractivity contribution in [3.63, 3.8) is 0 Å². The lowest BCUT2D eigenvalue weighted by atomic mass is 9.94. The zero-order valence-corrected chi connectivity index (χ0v) is 12.8. The molecule has 0 atom stereocenters. The molecular weight excluding hydrogens is 270 g/mol. The first-order valence-corrected chi connectivity index (χ1v) is 7.37. The van der Waals surface area contributed by atoms with Crippen molar-refractivity contribution >= 4 is 17.2 Å². The third kappa shape index (κ3) is 3.61. The van der Waals surface area contributed by atoms with Crippen molar-refractivity contribution in [2.45, 2.75) is 25.8 Å². The molecule has 0 aliphatic carbocycles. The molecule has 1 N–H and O–H groups in total. The molecule has 106 valence electrons. The largest absolute Gasteiger partial charge is 0.497 e. The van der Waals surface area contributed by atoms with Crippen LogP contribution >= 0.6 is 11.3 Å². The minimum Gasteiger partial charge on any atom is -0.497 e. The Kier molecular flexibility index (Phi) is 4.45. The Labute approximate surface area is 123 Å². The summed E-state index contributed by atoms with van der Waals surface area (Å²) in [6.07, 6.45) is 0.428. The highest BCUT2D eigenvalue weighted by atomic mass is 32.1. The van der Waals surface area contributed by atoms with Gasteiger partial charge in [0.25, 0.3) is 0 Å². The highest BCUT2D eigenvalue weighted by Gasteiger charge is 2.22. The average Bonchev–Trinajstić information content (AvgIpc) is 2.91. The topological polar surface area (TPSA) is 38.3 Å². The Morgan fingerprint density at radius 3 is 2.50 bits per heavy atom. The van der Waals surface area contributed by atoms with Crippen LogP contribution in [0.4, 0.5) is 0 Å². The van der Waals surface area contributed by atoms with Crippen molar-refractivity contribution in [3.8, 4) is 5.75 Å². The normalized spacial score (nSPS) is 11.2. The van der Waals surface area contributed by atoms with Crippen molar-refractivity contribution in [2.24, 2.45) is 0 Å². The summed E-state index contributed by atoms with van der Waals surface area (Å²) in [4.78, 5) is 13.2. The summed E-state index contributed by atoms with van der Waals surface area (Å²) >= 11 is 1.60. The van der Waals surface area contributed by atoms with Crippen LogP contribution in [0.2, 0.25) is 0 Å². The fourth-order valence-corrected chi connectivity index (χ4v) is 2.75. The first-order chi connectivity index (χ1) is 9.51. The van der Waals surface area contributed by atoms with E-state index in [2.05, 4.69) is 5.32 Å². The van der Waals surface area contributed by atoms with Crippen molar-refractivity contribution in [1.82, 2.24) is 5.32 Å². The molecule has 4 heteroatoms. The second-order valence-corrected chi connectivity index (χ2v) is 6.19. The van der Waals surface area contributed by atoms with E-state index in [0.717, 1.165) is 16.2 Å². The van der Waals surface area contributed by atoms with Crippen LogP contribution < -0.4 is 10.1 Å². The molecule has 2 rings (SSSR count). The summed E-state index contributed by atoms with van der Waals surface area (Å²) in [5.41, 5.74) is 0.651. The molecule has 0 saturated heterocycles. The highest BCUT2D eigenvalue weighted by molar-refractivity contribution is 7.10. The molecule has 0 aliphatic heterocycles. The Hall–Kier alpha value is -1.81. The van der Waals surface area contributed by atoms with Crippen LogP contribution in [0.25, 0.3) is 0 Å². The van der Waals surface area contributed by atoms with E-state index in [4.69, 9.17) is 4.74 Å². The van der Waals surface area contributed by atoms with Crippen LogP contribution in [-0.4, -0.2) is 13.0 Å². The molecule has 0 saturated carbocycles. The number of methoxy groups -OCH3 is 1. The van der Waals surface area contributed by atoms with Gasteiger partial charge in [0.1, 0.15) is 5.75 Å². The minimum absolute atomic E-state index is 0.0354. The van der Waals surface area contributed by atoms with Gasteiger partial charge >= 0.3 is 0 Å². The van der Waals surface area contributed by atoms with Crippen molar-refractivity contribution < 1.29 is 9.53 Å². The SMILES string of the molecule is COc1ccc(C(C)(C)NC(=O)Cc2cccs2)cc1. The summed E-state index contributed by atoms with van der Waals surface area (Å²) < 4.78 is 5.15. The third-order valence-corrected chi connectivity index (χ3v) is 4.05. The maximum absolute atomic E-state index is 12.1. The predicted octanol–water partition coefficient (Wildman–Crippen LogP) is 3.35. The van der Waals surface area contributed by atoms with Gasteiger partial charge < -0.3 is 10.1 Å². The number of thiophene rings is 1. The van der Waals surface area contributed by atoms with E-state index < -0.39 is 5.54 Å². The monoisotopic (exact) mass is 289 g/mol. The standard InChI is InChI=1S/C16H19NO2S/c1-16(2,12-6-8-13(19-3)9-7-12)17-15(18)11-14-5-4-10-20-14/h4-10H,11H2,1-3H3,(H,17,18). The highest BCUT2D eigenvalue weighted by Crippen LogP contribution is 2.23. The Bertz CT molecular complexity index is 559. The average molecular weight is 289 g/mol. The van der Waals surface area contributed by atoms with Gasteiger partial charge in [0.05, 0.1) is 19.1 Å². The molecule has 0 radical (unpaired) electrons. The smallest absolute Gasteiger partial charge is 0.225 e. The van der Waals surface area contributed by atoms with Gasteiger partial charge in [0, 0.05) is 4.88 Å². The maximum atomic E-state index is 12.1. The number of benzene rings is 1. The lowest BCUT2D eigenvalue weighted by Crippen LogP contribution is -2.41. The van der Waals surface area contributed by atoms with Gasteiger partial charge in [-0.25, -0.2) is 0 Å². The maximum Gasteiger partial charge on any atom is 0.225 e. The summed E-state index contributed by atoms with van der Waals surface area (Å²) in [6.45, 7) is 4.00. The molecule has 0 fully saturated rings. The lowest BCUT2D eigenvalue weighted by Gasteiger charge is -2.27. The molecule has 0 aliphatic rings. The second-order valence-electron chi connectivity index (χ2n) is 5.16. The van der Waals surface area contributed by atoms with Crippen LogP contribution in [0.15, 0.2) is 41.8 Å². The molecule has 1 aromatic carbocycles. The van der Waals surface area contributed by atoms with E-state index in [1.54, 1.807) is 18.4 Å². The molecule has 1 amide bonds. The second kappa shape index (κ2) is 6.09. The number of carbonyl (C=O) groups is 1. The number of hydrogen-bond acceptors (Lipinski definition) is 3. The van der Waals surface area contributed by atoms with Gasteiger partial charge in [0.2, 0.25) is 5.91 Å². The Morgan fingerprint density at radius 1 is 1.25 bits per heavy atom. The summed E-state index contributed by atoms with van der Waals surface area (Å²) in [6, 6.07) is 11.7. The van der Waals surface area contributed by atoms with Gasteiger partial charge in [-0.05, 0) is 43.0 Å². The van der Waals surface area contributed by atoms with Crippen LogP contribution in [0.3, 0.4) is 0 Å². The van der Waals surface area contributed by atoms with E-state index in [1.165, 1.54) is 0 Å². The van der Waals surface area contributed by atoms with E-state index >= 15 is 0 Å². The number of carbonyl (C=O) groups excluding carboxylic acids is 1. The van der Waals surface area contributed by atoms with Gasteiger partial charge in [0.15, 0.2) is 0 Å². The van der Waals surface area contributed by atoms with Crippen LogP contribution in [-0.2, 0) is 16.8 Å². The van der Waals surface area contributed by atoms with E-state index in [-0.39, 0.29) is 5.91 Å². The van der Waals surface area contributed by atoms with E-state index in [9.17, 15) is 4.79 Å². The van der Waals surface area contributed by atoms with Gasteiger partial charge in [-0.2, -0.15) is 0 Å². The lowest BCUT2D eigenvalue weighted by molar-refractivity contribution is -0.122. The van der Waals surface area contributed by atoms with Crippen molar-refractivity contribution in [3.05, 3.63) is 52.2 Å². The number of ether oxygens (including phenoxy) is 1. The molecular formula is C16H19NO2S. The molecule has 0 spiro atoms. The molecule has 20 heavy (non-hydrogen) atoms. The number of hydrogen-bond donors (Lipinski definition) is 1. The molecule has 0 unspecified atom stereocenters. The molecule has 2 aromatic rings. The quantitative estimate of drug-likeness (QED) is 0.916. The van der Waals surface area contributed by atoms with Crippen LogP contribution in [0, 0.1) is 0 Å². The Balaban J connectivity index is 2.03. The molecule has 1 heterocycles. The number of rotatable bonds is 5. The van der Waals surface area contributed by atoms with Crippen LogP contribution in [0.1, 0.15) is 24.3 Å². The molecule has 3 nitrogen and oxygen atoms in total. The van der Waals surface area contributed by atoms with Crippen LogP contribution in [0.5, 0.6) is 5.75 Å². The zero-order chi connectivity index (χ0) is 14.6. The first-order valence-electron chi connectivity index (χ1n) is 6.49. The Morgan fingerprint density at radius 2 is 1.95 bits per heavy atom.